The van der Waals surface area contributed by atoms with Crippen LogP contribution in [0, 0.1) is 0 Å². The molecule has 1 aliphatic heterocycles. The standard InChI is InChI=1S/C23H26BrF3N2O3.C20H43N/c24-12-5-10-20(22(30)31)29-15-14-28(18-7-4-6-17(16-18)23(25,26)27)13-11-21(29)32-19-8-2-1-3-9-19;1-3-5-7-9-11-13-15-17-19-21-20-18-16-14-12-10-8-6-4-2/h1-4,6-9,16,20-21H,5,10-15H2,(H,30,31);21H,3-20H2,1-2H3. The van der Waals surface area contributed by atoms with Crippen LogP contribution in [0.5, 0.6) is 5.75 Å². The lowest BCUT2D eigenvalue weighted by atomic mass is 10.1. The minimum Gasteiger partial charge on any atom is -0.480 e. The summed E-state index contributed by atoms with van der Waals surface area (Å²) in [5.74, 6) is -0.306. The van der Waals surface area contributed by atoms with Crippen molar-refractivity contribution in [1.82, 2.24) is 10.2 Å². The van der Waals surface area contributed by atoms with E-state index in [9.17, 15) is 23.1 Å². The number of nitrogens with zero attached hydrogens (tertiary/aromatic N) is 2. The van der Waals surface area contributed by atoms with E-state index in [1.807, 2.05) is 40.1 Å². The molecule has 2 atom stereocenters. The van der Waals surface area contributed by atoms with E-state index in [2.05, 4.69) is 35.1 Å². The van der Waals surface area contributed by atoms with Crippen molar-refractivity contribution < 1.29 is 27.8 Å². The Morgan fingerprint density at radius 2 is 1.36 bits per heavy atom. The van der Waals surface area contributed by atoms with Crippen LogP contribution < -0.4 is 15.0 Å². The maximum Gasteiger partial charge on any atom is 0.416 e. The lowest BCUT2D eigenvalue weighted by molar-refractivity contribution is -0.147. The number of benzene rings is 2. The molecule has 1 fully saturated rings. The first-order valence-electron chi connectivity index (χ1n) is 20.6. The Kier molecular flexibility index (Phi) is 25.7. The Bertz CT molecular complexity index is 1170. The Labute approximate surface area is 327 Å². The number of unbranched alkanes of at least 4 members (excludes halogenated alkanes) is 14. The van der Waals surface area contributed by atoms with Gasteiger partial charge in [-0.2, -0.15) is 13.2 Å². The second-order valence-electron chi connectivity index (χ2n) is 14.3. The second kappa shape index (κ2) is 29.0. The lowest BCUT2D eigenvalue weighted by Gasteiger charge is -2.34. The molecule has 0 radical (unpaired) electrons. The van der Waals surface area contributed by atoms with Gasteiger partial charge < -0.3 is 20.1 Å². The summed E-state index contributed by atoms with van der Waals surface area (Å²) in [4.78, 5) is 15.8. The minimum atomic E-state index is -4.42. The number of alkyl halides is 4. The molecule has 2 aromatic carbocycles. The van der Waals surface area contributed by atoms with Crippen LogP contribution in [0.4, 0.5) is 18.9 Å². The highest BCUT2D eigenvalue weighted by Crippen LogP contribution is 2.32. The summed E-state index contributed by atoms with van der Waals surface area (Å²) >= 11 is 3.36. The van der Waals surface area contributed by atoms with Crippen molar-refractivity contribution in [2.24, 2.45) is 0 Å². The molecule has 10 heteroatoms. The number of hydrogen-bond donors (Lipinski definition) is 2. The summed E-state index contributed by atoms with van der Waals surface area (Å²) in [6.07, 6.45) is 19.5. The van der Waals surface area contributed by atoms with E-state index in [0.717, 1.165) is 12.1 Å². The Morgan fingerprint density at radius 3 is 1.89 bits per heavy atom. The van der Waals surface area contributed by atoms with Crippen LogP contribution in [0.3, 0.4) is 0 Å². The SMILES string of the molecule is CCCCCCCCCCNCCCCCCCCCC.O=C(O)C(CCCBr)N1CCN(c2cccc(C(F)(F)F)c2)CCC1Oc1ccccc1. The van der Waals surface area contributed by atoms with Crippen LogP contribution >= 0.6 is 15.9 Å². The number of nitrogens with one attached hydrogen (secondary N) is 1. The molecule has 2 aromatic rings. The third-order valence-electron chi connectivity index (χ3n) is 9.91. The summed E-state index contributed by atoms with van der Waals surface area (Å²) in [6, 6.07) is 13.6. The van der Waals surface area contributed by atoms with Crippen LogP contribution in [0.2, 0.25) is 0 Å². The van der Waals surface area contributed by atoms with Gasteiger partial charge in [0.25, 0.3) is 0 Å². The average molecular weight is 813 g/mol. The minimum absolute atomic E-state index is 0.354. The summed E-state index contributed by atoms with van der Waals surface area (Å²) in [7, 11) is 0. The highest BCUT2D eigenvalue weighted by molar-refractivity contribution is 9.09. The fourth-order valence-electron chi connectivity index (χ4n) is 6.79. The second-order valence-corrected chi connectivity index (χ2v) is 15.1. The van der Waals surface area contributed by atoms with Crippen LogP contribution in [0.25, 0.3) is 0 Å². The van der Waals surface area contributed by atoms with Crippen molar-refractivity contribution in [1.29, 1.82) is 0 Å². The predicted molar refractivity (Wildman–Crippen MR) is 218 cm³/mol. The molecule has 3 rings (SSSR count). The molecular formula is C43H69BrF3N3O3. The third kappa shape index (κ3) is 20.8. The van der Waals surface area contributed by atoms with E-state index in [-0.39, 0.29) is 0 Å². The van der Waals surface area contributed by atoms with Gasteiger partial charge in [-0.25, -0.2) is 0 Å². The first-order valence-corrected chi connectivity index (χ1v) is 21.7. The molecule has 302 valence electrons. The smallest absolute Gasteiger partial charge is 0.416 e. The molecule has 0 saturated carbocycles. The van der Waals surface area contributed by atoms with Crippen LogP contribution in [-0.2, 0) is 11.0 Å². The molecule has 0 amide bonds. The molecule has 6 nitrogen and oxygen atoms in total. The van der Waals surface area contributed by atoms with Gasteiger partial charge in [-0.05, 0) is 69.1 Å². The quantitative estimate of drug-likeness (QED) is 0.0729. The number of carbonyl (C=O) groups is 1. The predicted octanol–water partition coefficient (Wildman–Crippen LogP) is 12.1. The molecule has 0 spiro atoms. The highest BCUT2D eigenvalue weighted by Gasteiger charge is 2.36. The van der Waals surface area contributed by atoms with Crippen molar-refractivity contribution in [3.05, 3.63) is 60.2 Å². The number of carboxylic acids is 1. The molecule has 0 aromatic heterocycles. The zero-order valence-electron chi connectivity index (χ0n) is 32.7. The molecule has 1 saturated heterocycles. The van der Waals surface area contributed by atoms with Crippen molar-refractivity contribution in [2.45, 2.75) is 154 Å². The van der Waals surface area contributed by atoms with Crippen LogP contribution in [0.1, 0.15) is 141 Å². The van der Waals surface area contributed by atoms with Gasteiger partial charge in [-0.3, -0.25) is 9.69 Å². The molecule has 0 aliphatic carbocycles. The van der Waals surface area contributed by atoms with Gasteiger partial charge in [0.05, 0.1) is 5.56 Å². The third-order valence-corrected chi connectivity index (χ3v) is 10.5. The number of anilines is 1. The topological polar surface area (TPSA) is 65.0 Å². The fourth-order valence-corrected chi connectivity index (χ4v) is 7.12. The van der Waals surface area contributed by atoms with Crippen molar-refractivity contribution in [2.75, 3.05) is 43.0 Å². The monoisotopic (exact) mass is 811 g/mol. The summed E-state index contributed by atoms with van der Waals surface area (Å²) < 4.78 is 45.7. The molecule has 53 heavy (non-hydrogen) atoms. The summed E-state index contributed by atoms with van der Waals surface area (Å²) in [6.45, 7) is 8.26. The van der Waals surface area contributed by atoms with Gasteiger partial charge in [0.15, 0.2) is 6.23 Å². The number of rotatable bonds is 26. The van der Waals surface area contributed by atoms with E-state index < -0.39 is 30.0 Å². The van der Waals surface area contributed by atoms with Crippen LogP contribution in [-0.4, -0.2) is 66.3 Å². The Balaban J connectivity index is 0.000000404. The number of halogens is 4. The van der Waals surface area contributed by atoms with E-state index >= 15 is 0 Å². The largest absolute Gasteiger partial charge is 0.480 e. The van der Waals surface area contributed by atoms with Gasteiger partial charge in [0, 0.05) is 37.1 Å². The number of hydrogen-bond acceptors (Lipinski definition) is 5. The van der Waals surface area contributed by atoms with Gasteiger partial charge >= 0.3 is 12.1 Å². The normalized spacial score (nSPS) is 15.7. The Morgan fingerprint density at radius 1 is 0.792 bits per heavy atom. The van der Waals surface area contributed by atoms with Gasteiger partial charge in [0.2, 0.25) is 0 Å². The van der Waals surface area contributed by atoms with E-state index in [4.69, 9.17) is 4.74 Å². The van der Waals surface area contributed by atoms with E-state index in [1.54, 1.807) is 6.07 Å². The van der Waals surface area contributed by atoms with Gasteiger partial charge in [-0.1, -0.05) is 144 Å². The molecular weight excluding hydrogens is 743 g/mol. The lowest BCUT2D eigenvalue weighted by Crippen LogP contribution is -2.50. The number of carboxylic acid groups (broad SMARTS) is 1. The molecule has 1 aliphatic rings. The van der Waals surface area contributed by atoms with E-state index in [1.165, 1.54) is 122 Å². The number of ether oxygens (including phenoxy) is 1. The zero-order valence-corrected chi connectivity index (χ0v) is 34.3. The highest BCUT2D eigenvalue weighted by atomic mass is 79.9. The molecule has 1 heterocycles. The van der Waals surface area contributed by atoms with Gasteiger partial charge in [0.1, 0.15) is 11.8 Å². The summed E-state index contributed by atoms with van der Waals surface area (Å²) in [5.41, 5.74) is -0.235. The van der Waals surface area contributed by atoms with Crippen molar-refractivity contribution >= 4 is 27.6 Å². The molecule has 2 unspecified atom stereocenters. The summed E-state index contributed by atoms with van der Waals surface area (Å²) in [5, 5.41) is 14.2. The first kappa shape index (κ1) is 46.9. The molecule has 0 bridgehead atoms. The maximum atomic E-state index is 13.2. The number of para-hydroxylation sites is 1. The fraction of sp³-hybridized carbons (Fsp3) is 0.698. The van der Waals surface area contributed by atoms with Crippen LogP contribution in [0.15, 0.2) is 54.6 Å². The number of aliphatic carboxylic acids is 1. The zero-order chi connectivity index (χ0) is 38.6. The maximum absolute atomic E-state index is 13.2. The van der Waals surface area contributed by atoms with E-state index in [0.29, 0.717) is 55.7 Å². The van der Waals surface area contributed by atoms with Crippen molar-refractivity contribution in [3.63, 3.8) is 0 Å². The van der Waals surface area contributed by atoms with Crippen molar-refractivity contribution in [3.8, 4) is 5.75 Å². The first-order chi connectivity index (χ1) is 25.7. The Hall–Kier alpha value is -2.30. The average Bonchev–Trinajstić information content (AvgIpc) is 3.36. The molecule has 2 N–H and O–H groups in total. The van der Waals surface area contributed by atoms with Gasteiger partial charge in [-0.15, -0.1) is 0 Å².